The number of benzene rings is 2. The van der Waals surface area contributed by atoms with Crippen molar-refractivity contribution in [3.63, 3.8) is 0 Å². The van der Waals surface area contributed by atoms with Crippen molar-refractivity contribution < 1.29 is 14.3 Å². The van der Waals surface area contributed by atoms with Crippen LogP contribution < -0.4 is 4.90 Å². The summed E-state index contributed by atoms with van der Waals surface area (Å²) in [6.07, 6.45) is 1.30. The number of ether oxygens (including phenoxy) is 1. The zero-order valence-corrected chi connectivity index (χ0v) is 14.6. The van der Waals surface area contributed by atoms with Crippen molar-refractivity contribution in [2.24, 2.45) is 0 Å². The molecule has 134 valence electrons. The van der Waals surface area contributed by atoms with Crippen LogP contribution >= 0.6 is 0 Å². The van der Waals surface area contributed by atoms with Gasteiger partial charge in [0.05, 0.1) is 19.8 Å². The fourth-order valence-corrected chi connectivity index (χ4v) is 2.95. The van der Waals surface area contributed by atoms with Crippen LogP contribution in [-0.4, -0.2) is 43.0 Å². The number of amides is 2. The molecule has 0 N–H and O–H groups in total. The molecule has 1 aliphatic rings. The lowest BCUT2D eigenvalue weighted by Crippen LogP contribution is -2.40. The molecule has 0 unspecified atom stereocenters. The molecule has 0 atom stereocenters. The molecule has 0 saturated carbocycles. The van der Waals surface area contributed by atoms with Gasteiger partial charge in [-0.15, -0.1) is 0 Å². The zero-order chi connectivity index (χ0) is 18.4. The van der Waals surface area contributed by atoms with E-state index in [1.54, 1.807) is 9.80 Å². The van der Waals surface area contributed by atoms with E-state index in [9.17, 15) is 9.59 Å². The number of carbonyl (C=O) groups excluding carboxylic acids is 2. The predicted molar refractivity (Wildman–Crippen MR) is 101 cm³/mol. The van der Waals surface area contributed by atoms with Gasteiger partial charge in [-0.2, -0.15) is 0 Å². The standard InChI is InChI=1S/C21H22N2O3/c1-2-20(24)23(19-9-4-3-5-10-19)16-17-7-6-8-18(15-17)21(25)22-11-13-26-14-12-22/h2-10,15H,1,11-14,16H2. The quantitative estimate of drug-likeness (QED) is 0.779. The fraction of sp³-hybridized carbons (Fsp3) is 0.238. The first-order valence-corrected chi connectivity index (χ1v) is 8.64. The van der Waals surface area contributed by atoms with E-state index in [0.717, 1.165) is 11.3 Å². The van der Waals surface area contributed by atoms with Crippen LogP contribution in [0.5, 0.6) is 0 Å². The van der Waals surface area contributed by atoms with Gasteiger partial charge in [0.1, 0.15) is 0 Å². The summed E-state index contributed by atoms with van der Waals surface area (Å²) in [7, 11) is 0. The minimum Gasteiger partial charge on any atom is -0.378 e. The SMILES string of the molecule is C=CC(=O)N(Cc1cccc(C(=O)N2CCOCC2)c1)c1ccccc1. The summed E-state index contributed by atoms with van der Waals surface area (Å²) in [6.45, 7) is 6.32. The van der Waals surface area contributed by atoms with Crippen molar-refractivity contribution in [1.29, 1.82) is 0 Å². The summed E-state index contributed by atoms with van der Waals surface area (Å²) < 4.78 is 5.30. The maximum atomic E-state index is 12.7. The van der Waals surface area contributed by atoms with Gasteiger partial charge in [0, 0.05) is 24.3 Å². The Kier molecular flexibility index (Phi) is 5.81. The predicted octanol–water partition coefficient (Wildman–Crippen LogP) is 2.88. The molecule has 0 aliphatic carbocycles. The fourth-order valence-electron chi connectivity index (χ4n) is 2.95. The Balaban J connectivity index is 1.81. The Labute approximate surface area is 153 Å². The van der Waals surface area contributed by atoms with Gasteiger partial charge in [-0.1, -0.05) is 36.9 Å². The van der Waals surface area contributed by atoms with Gasteiger partial charge in [0.25, 0.3) is 11.8 Å². The lowest BCUT2D eigenvalue weighted by Gasteiger charge is -2.27. The summed E-state index contributed by atoms with van der Waals surface area (Å²) in [5.74, 6) is -0.183. The van der Waals surface area contributed by atoms with E-state index in [0.29, 0.717) is 38.4 Å². The number of nitrogens with zero attached hydrogens (tertiary/aromatic N) is 2. The molecule has 1 saturated heterocycles. The molecule has 0 bridgehead atoms. The maximum absolute atomic E-state index is 12.7. The lowest BCUT2D eigenvalue weighted by molar-refractivity contribution is -0.114. The zero-order valence-electron chi connectivity index (χ0n) is 14.6. The monoisotopic (exact) mass is 350 g/mol. The highest BCUT2D eigenvalue weighted by Gasteiger charge is 2.19. The number of carbonyl (C=O) groups is 2. The van der Waals surface area contributed by atoms with Crippen molar-refractivity contribution in [2.45, 2.75) is 6.54 Å². The van der Waals surface area contributed by atoms with Crippen molar-refractivity contribution in [3.8, 4) is 0 Å². The second kappa shape index (κ2) is 8.45. The lowest BCUT2D eigenvalue weighted by atomic mass is 10.1. The average molecular weight is 350 g/mol. The molecule has 0 spiro atoms. The average Bonchev–Trinajstić information content (AvgIpc) is 2.72. The molecule has 26 heavy (non-hydrogen) atoms. The van der Waals surface area contributed by atoms with Crippen LogP contribution in [0.25, 0.3) is 0 Å². The highest BCUT2D eigenvalue weighted by Crippen LogP contribution is 2.19. The molecule has 3 rings (SSSR count). The van der Waals surface area contributed by atoms with Crippen molar-refractivity contribution in [1.82, 2.24) is 4.90 Å². The third-order valence-corrected chi connectivity index (χ3v) is 4.32. The number of rotatable bonds is 5. The molecule has 5 heteroatoms. The Morgan fingerprint density at radius 2 is 1.81 bits per heavy atom. The molecule has 1 fully saturated rings. The van der Waals surface area contributed by atoms with Gasteiger partial charge in [0.15, 0.2) is 0 Å². The van der Waals surface area contributed by atoms with Crippen LogP contribution in [-0.2, 0) is 16.1 Å². The van der Waals surface area contributed by atoms with Crippen LogP contribution in [0.1, 0.15) is 15.9 Å². The molecule has 1 heterocycles. The van der Waals surface area contributed by atoms with Gasteiger partial charge in [0.2, 0.25) is 0 Å². The van der Waals surface area contributed by atoms with Gasteiger partial charge in [-0.05, 0) is 35.9 Å². The van der Waals surface area contributed by atoms with E-state index in [-0.39, 0.29) is 11.8 Å². The number of para-hydroxylation sites is 1. The first-order valence-electron chi connectivity index (χ1n) is 8.64. The molecule has 5 nitrogen and oxygen atoms in total. The highest BCUT2D eigenvalue weighted by atomic mass is 16.5. The van der Waals surface area contributed by atoms with Gasteiger partial charge in [-0.3, -0.25) is 9.59 Å². The highest BCUT2D eigenvalue weighted by molar-refractivity contribution is 6.01. The largest absolute Gasteiger partial charge is 0.378 e. The minimum absolute atomic E-state index is 0.00328. The molecule has 2 aromatic rings. The van der Waals surface area contributed by atoms with Crippen LogP contribution in [0, 0.1) is 0 Å². The van der Waals surface area contributed by atoms with Gasteiger partial charge in [-0.25, -0.2) is 0 Å². The number of anilines is 1. The molecular weight excluding hydrogens is 328 g/mol. The minimum atomic E-state index is -0.180. The molecule has 2 aromatic carbocycles. The van der Waals surface area contributed by atoms with E-state index < -0.39 is 0 Å². The Bertz CT molecular complexity index is 783. The van der Waals surface area contributed by atoms with E-state index in [2.05, 4.69) is 6.58 Å². The van der Waals surface area contributed by atoms with Crippen LogP contribution in [0.2, 0.25) is 0 Å². The smallest absolute Gasteiger partial charge is 0.254 e. The van der Waals surface area contributed by atoms with Crippen LogP contribution in [0.15, 0.2) is 67.3 Å². The summed E-state index contributed by atoms with van der Waals surface area (Å²) in [6, 6.07) is 16.9. The second-order valence-corrected chi connectivity index (χ2v) is 6.07. The van der Waals surface area contributed by atoms with E-state index >= 15 is 0 Å². The number of hydrogen-bond donors (Lipinski definition) is 0. The van der Waals surface area contributed by atoms with E-state index in [1.807, 2.05) is 54.6 Å². The van der Waals surface area contributed by atoms with E-state index in [1.165, 1.54) is 6.08 Å². The molecule has 0 aromatic heterocycles. The Hall–Kier alpha value is -2.92. The summed E-state index contributed by atoms with van der Waals surface area (Å²) in [4.78, 5) is 28.4. The number of morpholine rings is 1. The second-order valence-electron chi connectivity index (χ2n) is 6.07. The summed E-state index contributed by atoms with van der Waals surface area (Å²) >= 11 is 0. The summed E-state index contributed by atoms with van der Waals surface area (Å²) in [5, 5.41) is 0. The van der Waals surface area contributed by atoms with E-state index in [4.69, 9.17) is 4.74 Å². The third-order valence-electron chi connectivity index (χ3n) is 4.32. The molecular formula is C21H22N2O3. The normalized spacial score (nSPS) is 13.9. The topological polar surface area (TPSA) is 49.9 Å². The third kappa shape index (κ3) is 4.18. The Morgan fingerprint density at radius 3 is 2.50 bits per heavy atom. The molecule has 1 aliphatic heterocycles. The first-order chi connectivity index (χ1) is 12.7. The maximum Gasteiger partial charge on any atom is 0.254 e. The van der Waals surface area contributed by atoms with Crippen molar-refractivity contribution in [3.05, 3.63) is 78.4 Å². The Morgan fingerprint density at radius 1 is 1.08 bits per heavy atom. The van der Waals surface area contributed by atoms with Crippen molar-refractivity contribution >= 4 is 17.5 Å². The van der Waals surface area contributed by atoms with Crippen LogP contribution in [0.3, 0.4) is 0 Å². The van der Waals surface area contributed by atoms with Gasteiger partial charge >= 0.3 is 0 Å². The molecule has 2 amide bonds. The number of hydrogen-bond acceptors (Lipinski definition) is 3. The van der Waals surface area contributed by atoms with Crippen molar-refractivity contribution in [2.75, 3.05) is 31.2 Å². The molecule has 0 radical (unpaired) electrons. The summed E-state index contributed by atoms with van der Waals surface area (Å²) in [5.41, 5.74) is 2.31. The van der Waals surface area contributed by atoms with Crippen LogP contribution in [0.4, 0.5) is 5.69 Å². The van der Waals surface area contributed by atoms with Gasteiger partial charge < -0.3 is 14.5 Å². The first kappa shape index (κ1) is 17.9.